The van der Waals surface area contributed by atoms with Crippen molar-refractivity contribution in [2.45, 2.75) is 19.0 Å². The van der Waals surface area contributed by atoms with E-state index in [0.29, 0.717) is 10.2 Å². The lowest BCUT2D eigenvalue weighted by molar-refractivity contribution is -0.121. The number of nitrogens with zero attached hydrogens (tertiary/aromatic N) is 4. The highest BCUT2D eigenvalue weighted by atomic mass is 79.9. The molecule has 2 aliphatic rings. The third kappa shape index (κ3) is 2.16. The number of fused-ring (bicyclic) bond motifs is 1. The smallest absolute Gasteiger partial charge is 0.263 e. The van der Waals surface area contributed by atoms with Crippen molar-refractivity contribution in [1.29, 1.82) is 0 Å². The van der Waals surface area contributed by atoms with Gasteiger partial charge >= 0.3 is 0 Å². The van der Waals surface area contributed by atoms with Gasteiger partial charge in [-0.3, -0.25) is 9.59 Å². The van der Waals surface area contributed by atoms with Gasteiger partial charge in [0.05, 0.1) is 11.4 Å². The minimum atomic E-state index is -0.800. The Morgan fingerprint density at radius 2 is 1.79 bits per heavy atom. The molecule has 2 aromatic rings. The number of carbonyl (C=O) groups excluding carboxylic acids is 2. The molecule has 2 aromatic carbocycles. The molecule has 1 fully saturated rings. The highest BCUT2D eigenvalue weighted by Gasteiger charge is 2.55. The van der Waals surface area contributed by atoms with Crippen molar-refractivity contribution < 1.29 is 9.59 Å². The zero-order chi connectivity index (χ0) is 16.8. The molecule has 7 heteroatoms. The highest BCUT2D eigenvalue weighted by Crippen LogP contribution is 2.37. The summed E-state index contributed by atoms with van der Waals surface area (Å²) in [7, 11) is 0. The zero-order valence-electron chi connectivity index (χ0n) is 12.8. The number of benzene rings is 2. The van der Waals surface area contributed by atoms with Gasteiger partial charge in [-0.05, 0) is 52.7 Å². The van der Waals surface area contributed by atoms with E-state index in [1.165, 1.54) is 9.91 Å². The standard InChI is InChI=1S/C17H13BrN4O2/c1-10-7-8-13(12(18)9-10)21-16(23)14-15(17(21)24)22(20-19-14)11-5-3-2-4-6-11/h2-9,14-15H,1H3/t14-,15-/m0/s1. The molecule has 0 radical (unpaired) electrons. The maximum atomic E-state index is 12.9. The lowest BCUT2D eigenvalue weighted by Crippen LogP contribution is -2.40. The van der Waals surface area contributed by atoms with Crippen LogP contribution in [0, 0.1) is 6.92 Å². The van der Waals surface area contributed by atoms with Crippen LogP contribution in [0.1, 0.15) is 5.56 Å². The van der Waals surface area contributed by atoms with E-state index in [0.717, 1.165) is 11.3 Å². The minimum Gasteiger partial charge on any atom is -0.271 e. The summed E-state index contributed by atoms with van der Waals surface area (Å²) in [5.74, 6) is -0.667. The summed E-state index contributed by atoms with van der Waals surface area (Å²) < 4.78 is 0.701. The van der Waals surface area contributed by atoms with Crippen LogP contribution in [0.5, 0.6) is 0 Å². The second-order valence-corrected chi connectivity index (χ2v) is 6.60. The van der Waals surface area contributed by atoms with Crippen LogP contribution in [0.25, 0.3) is 0 Å². The maximum Gasteiger partial charge on any atom is 0.263 e. The van der Waals surface area contributed by atoms with E-state index < -0.39 is 12.1 Å². The van der Waals surface area contributed by atoms with Crippen LogP contribution in [0.3, 0.4) is 0 Å². The summed E-state index contributed by atoms with van der Waals surface area (Å²) in [5, 5.41) is 9.59. The second kappa shape index (κ2) is 5.52. The van der Waals surface area contributed by atoms with E-state index >= 15 is 0 Å². The number of amides is 2. The van der Waals surface area contributed by atoms with Crippen molar-refractivity contribution in [3.05, 3.63) is 58.6 Å². The molecule has 0 bridgehead atoms. The van der Waals surface area contributed by atoms with Gasteiger partial charge in [0.1, 0.15) is 0 Å². The number of hydrogen-bond donors (Lipinski definition) is 0. The summed E-state index contributed by atoms with van der Waals surface area (Å²) in [6.45, 7) is 1.95. The number of aryl methyl sites for hydroxylation is 1. The summed E-state index contributed by atoms with van der Waals surface area (Å²) in [5.41, 5.74) is 2.31. The van der Waals surface area contributed by atoms with Crippen LogP contribution in [-0.2, 0) is 9.59 Å². The number of anilines is 2. The Morgan fingerprint density at radius 3 is 2.50 bits per heavy atom. The van der Waals surface area contributed by atoms with Crippen LogP contribution < -0.4 is 9.91 Å². The molecular formula is C17H13BrN4O2. The van der Waals surface area contributed by atoms with Gasteiger partial charge in [-0.1, -0.05) is 29.5 Å². The Hall–Kier alpha value is -2.54. The van der Waals surface area contributed by atoms with E-state index in [-0.39, 0.29) is 11.8 Å². The third-order valence-corrected chi connectivity index (χ3v) is 4.78. The summed E-state index contributed by atoms with van der Waals surface area (Å²) >= 11 is 3.44. The number of hydrogen-bond acceptors (Lipinski definition) is 5. The van der Waals surface area contributed by atoms with Crippen LogP contribution >= 0.6 is 15.9 Å². The second-order valence-electron chi connectivity index (χ2n) is 5.74. The van der Waals surface area contributed by atoms with Crippen LogP contribution in [0.2, 0.25) is 0 Å². The topological polar surface area (TPSA) is 65.3 Å². The normalized spacial score (nSPS) is 22.4. The van der Waals surface area contributed by atoms with Crippen molar-refractivity contribution >= 4 is 39.1 Å². The summed E-state index contributed by atoms with van der Waals surface area (Å²) in [6.07, 6.45) is 0. The zero-order valence-corrected chi connectivity index (χ0v) is 14.3. The van der Waals surface area contributed by atoms with Gasteiger partial charge in [0.25, 0.3) is 11.8 Å². The van der Waals surface area contributed by atoms with Gasteiger partial charge in [0.2, 0.25) is 0 Å². The summed E-state index contributed by atoms with van der Waals surface area (Å²) in [4.78, 5) is 26.9. The Balaban J connectivity index is 1.73. The molecule has 2 amide bonds. The van der Waals surface area contributed by atoms with Gasteiger partial charge in [-0.2, -0.15) is 5.11 Å². The number of imide groups is 1. The molecule has 0 spiro atoms. The molecule has 2 heterocycles. The average Bonchev–Trinajstić information content (AvgIpc) is 3.11. The predicted molar refractivity (Wildman–Crippen MR) is 92.7 cm³/mol. The van der Waals surface area contributed by atoms with Crippen molar-refractivity contribution in [2.24, 2.45) is 10.3 Å². The Morgan fingerprint density at radius 1 is 1.04 bits per heavy atom. The first-order valence-electron chi connectivity index (χ1n) is 7.47. The van der Waals surface area contributed by atoms with E-state index in [2.05, 4.69) is 26.3 Å². The maximum absolute atomic E-state index is 12.9. The molecule has 2 aliphatic heterocycles. The Kier molecular flexibility index (Phi) is 3.45. The highest BCUT2D eigenvalue weighted by molar-refractivity contribution is 9.10. The third-order valence-electron chi connectivity index (χ3n) is 4.15. The fourth-order valence-electron chi connectivity index (χ4n) is 2.98. The van der Waals surface area contributed by atoms with E-state index in [1.807, 2.05) is 49.4 Å². The number of rotatable bonds is 2. The molecular weight excluding hydrogens is 372 g/mol. The van der Waals surface area contributed by atoms with Crippen LogP contribution in [0.15, 0.2) is 63.3 Å². The van der Waals surface area contributed by atoms with E-state index in [9.17, 15) is 9.59 Å². The monoisotopic (exact) mass is 384 g/mol. The summed E-state index contributed by atoms with van der Waals surface area (Å²) in [6, 6.07) is 13.2. The largest absolute Gasteiger partial charge is 0.271 e. The fraction of sp³-hybridized carbons (Fsp3) is 0.176. The Bertz CT molecular complexity index is 868. The molecule has 1 saturated heterocycles. The van der Waals surface area contributed by atoms with Gasteiger partial charge in [0, 0.05) is 4.47 Å². The lowest BCUT2D eigenvalue weighted by Gasteiger charge is -2.21. The Labute approximate surface area is 146 Å². The van der Waals surface area contributed by atoms with E-state index in [4.69, 9.17) is 0 Å². The quantitative estimate of drug-likeness (QED) is 0.746. The molecule has 0 saturated carbocycles. The number of halogens is 1. The van der Waals surface area contributed by atoms with Crippen molar-refractivity contribution in [3.63, 3.8) is 0 Å². The molecule has 24 heavy (non-hydrogen) atoms. The van der Waals surface area contributed by atoms with Crippen molar-refractivity contribution in [2.75, 3.05) is 9.91 Å². The first kappa shape index (κ1) is 15.0. The minimum absolute atomic E-state index is 0.316. The fourth-order valence-corrected chi connectivity index (χ4v) is 3.66. The first-order valence-corrected chi connectivity index (χ1v) is 8.26. The van der Waals surface area contributed by atoms with Gasteiger partial charge in [-0.15, -0.1) is 0 Å². The van der Waals surface area contributed by atoms with Crippen molar-refractivity contribution in [1.82, 2.24) is 0 Å². The van der Waals surface area contributed by atoms with Gasteiger partial charge < -0.3 is 0 Å². The van der Waals surface area contributed by atoms with Crippen LogP contribution in [-0.4, -0.2) is 23.9 Å². The average molecular weight is 385 g/mol. The van der Waals surface area contributed by atoms with Gasteiger partial charge in [-0.25, -0.2) is 9.91 Å². The number of para-hydroxylation sites is 1. The van der Waals surface area contributed by atoms with Crippen molar-refractivity contribution in [3.8, 4) is 0 Å². The number of carbonyl (C=O) groups is 2. The molecule has 2 atom stereocenters. The molecule has 0 aliphatic carbocycles. The van der Waals surface area contributed by atoms with E-state index in [1.54, 1.807) is 6.07 Å². The molecule has 6 nitrogen and oxygen atoms in total. The molecule has 4 rings (SSSR count). The molecule has 0 aromatic heterocycles. The first-order chi connectivity index (χ1) is 11.6. The molecule has 0 N–H and O–H groups in total. The lowest BCUT2D eigenvalue weighted by atomic mass is 10.1. The van der Waals surface area contributed by atoms with Crippen LogP contribution in [0.4, 0.5) is 11.4 Å². The van der Waals surface area contributed by atoms with Gasteiger partial charge in [0.15, 0.2) is 12.1 Å². The molecule has 0 unspecified atom stereocenters. The predicted octanol–water partition coefficient (Wildman–Crippen LogP) is 3.26. The molecule has 120 valence electrons. The SMILES string of the molecule is Cc1ccc(N2C(=O)[C@H]3N=NN(c4ccccc4)[C@@H]3C2=O)c(Br)c1.